The molecule has 2 bridgehead atoms. The number of halogens is 9. The summed E-state index contributed by atoms with van der Waals surface area (Å²) < 4.78 is 124. The molecule has 2 aliphatic carbocycles. The van der Waals surface area contributed by atoms with E-state index in [-0.39, 0.29) is 6.42 Å². The van der Waals surface area contributed by atoms with Crippen molar-refractivity contribution in [1.29, 1.82) is 0 Å². The number of esters is 2. The van der Waals surface area contributed by atoms with Crippen LogP contribution in [0.15, 0.2) is 0 Å². The van der Waals surface area contributed by atoms with E-state index in [0.717, 1.165) is 0 Å². The smallest absolute Gasteiger partial charge is 0.458 e. The summed E-state index contributed by atoms with van der Waals surface area (Å²) in [6.45, 7) is -2.82. The van der Waals surface area contributed by atoms with E-state index < -0.39 is 78.4 Å². The number of ether oxygens (including phenoxy) is 2. The van der Waals surface area contributed by atoms with Gasteiger partial charge in [-0.2, -0.15) is 39.5 Å². The van der Waals surface area contributed by atoms with Crippen LogP contribution in [-0.4, -0.2) is 59.8 Å². The molecule has 1 aliphatic heterocycles. The fourth-order valence-corrected chi connectivity index (χ4v) is 4.07. The van der Waals surface area contributed by atoms with Crippen LogP contribution in [0, 0.1) is 17.3 Å². The van der Waals surface area contributed by atoms with Crippen molar-refractivity contribution < 1.29 is 63.7 Å². The Morgan fingerprint density at radius 1 is 1.11 bits per heavy atom. The Morgan fingerprint density at radius 2 is 1.68 bits per heavy atom. The summed E-state index contributed by atoms with van der Waals surface area (Å²) in [4.78, 5) is 24.1. The SMILES string of the molecule is O=C(OCC(F)(F)C(F)(F)C(F)(F)C(F)(F)F)C12CC3CC1C(OC2=O)C3O. The van der Waals surface area contributed by atoms with Crippen LogP contribution in [0.2, 0.25) is 0 Å². The molecule has 28 heavy (non-hydrogen) atoms. The Balaban J connectivity index is 1.77. The number of aliphatic hydroxyl groups excluding tert-OH is 1. The van der Waals surface area contributed by atoms with Crippen molar-refractivity contribution in [2.45, 2.75) is 49.0 Å². The standard InChI is InChI=1S/C14H11F9O5/c15-11(16,12(17,18)13(19,20)14(21,22)23)3-27-8(25)10-2-4-1-5(10)7(6(4)24)28-9(10)26/h4-7,24H,1-3H2. The van der Waals surface area contributed by atoms with Gasteiger partial charge >= 0.3 is 35.9 Å². The summed E-state index contributed by atoms with van der Waals surface area (Å²) in [6.07, 6.45) is -9.62. The van der Waals surface area contributed by atoms with E-state index in [1.807, 2.05) is 0 Å². The van der Waals surface area contributed by atoms with E-state index in [1.54, 1.807) is 0 Å². The van der Waals surface area contributed by atoms with Gasteiger partial charge in [0.05, 0.1) is 6.10 Å². The van der Waals surface area contributed by atoms with Crippen LogP contribution in [0.1, 0.15) is 12.8 Å². The second-order valence-electron chi connectivity index (χ2n) is 7.07. The number of carbonyl (C=O) groups is 2. The maximum atomic E-state index is 13.5. The van der Waals surface area contributed by atoms with Crippen LogP contribution in [-0.2, 0) is 19.1 Å². The van der Waals surface area contributed by atoms with Gasteiger partial charge in [-0.3, -0.25) is 9.59 Å². The van der Waals surface area contributed by atoms with E-state index in [9.17, 15) is 54.2 Å². The highest BCUT2D eigenvalue weighted by Crippen LogP contribution is 2.62. The summed E-state index contributed by atoms with van der Waals surface area (Å²) in [6, 6.07) is 0. The second-order valence-corrected chi connectivity index (χ2v) is 7.07. The number of aliphatic hydroxyl groups is 1. The maximum Gasteiger partial charge on any atom is 0.460 e. The Kier molecular flexibility index (Phi) is 4.25. The van der Waals surface area contributed by atoms with Crippen LogP contribution in [0.25, 0.3) is 0 Å². The van der Waals surface area contributed by atoms with Crippen LogP contribution >= 0.6 is 0 Å². The van der Waals surface area contributed by atoms with Gasteiger partial charge in [-0.15, -0.1) is 0 Å². The average Bonchev–Trinajstić information content (AvgIpc) is 3.14. The van der Waals surface area contributed by atoms with Crippen molar-refractivity contribution in [2.75, 3.05) is 6.61 Å². The Morgan fingerprint density at radius 3 is 2.18 bits per heavy atom. The normalized spacial score (nSPS) is 35.3. The highest BCUT2D eigenvalue weighted by atomic mass is 19.4. The third-order valence-electron chi connectivity index (χ3n) is 5.56. The van der Waals surface area contributed by atoms with Crippen LogP contribution in [0.3, 0.4) is 0 Å². The number of rotatable bonds is 5. The number of alkyl halides is 9. The summed E-state index contributed by atoms with van der Waals surface area (Å²) in [5.74, 6) is -24.9. The minimum atomic E-state index is -7.11. The second kappa shape index (κ2) is 5.66. The van der Waals surface area contributed by atoms with E-state index in [1.165, 1.54) is 0 Å². The molecule has 1 N–H and O–H groups in total. The van der Waals surface area contributed by atoms with Crippen LogP contribution < -0.4 is 0 Å². The van der Waals surface area contributed by atoms with Crippen molar-refractivity contribution in [3.63, 3.8) is 0 Å². The Hall–Kier alpha value is -1.73. The fraction of sp³-hybridized carbons (Fsp3) is 0.857. The van der Waals surface area contributed by atoms with Gasteiger partial charge in [0.15, 0.2) is 12.0 Å². The molecule has 14 heteroatoms. The molecule has 3 aliphatic rings. The number of fused-ring (bicyclic) bond motifs is 1. The maximum absolute atomic E-state index is 13.5. The molecule has 5 unspecified atom stereocenters. The monoisotopic (exact) mass is 430 g/mol. The van der Waals surface area contributed by atoms with Gasteiger partial charge in [0.2, 0.25) is 0 Å². The quantitative estimate of drug-likeness (QED) is 0.412. The van der Waals surface area contributed by atoms with E-state index >= 15 is 0 Å². The molecule has 0 radical (unpaired) electrons. The summed E-state index contributed by atoms with van der Waals surface area (Å²) in [5.41, 5.74) is -2.19. The zero-order chi connectivity index (χ0) is 21.5. The summed E-state index contributed by atoms with van der Waals surface area (Å²) in [5, 5.41) is 9.81. The van der Waals surface area contributed by atoms with Crippen molar-refractivity contribution >= 4 is 11.9 Å². The van der Waals surface area contributed by atoms with E-state index in [4.69, 9.17) is 4.74 Å². The molecule has 3 rings (SSSR count). The molecule has 160 valence electrons. The zero-order valence-electron chi connectivity index (χ0n) is 13.4. The van der Waals surface area contributed by atoms with Crippen molar-refractivity contribution in [1.82, 2.24) is 0 Å². The fourth-order valence-electron chi connectivity index (χ4n) is 4.07. The van der Waals surface area contributed by atoms with Crippen molar-refractivity contribution in [3.05, 3.63) is 0 Å². The lowest BCUT2D eigenvalue weighted by Crippen LogP contribution is -2.62. The van der Waals surface area contributed by atoms with Crippen LogP contribution in [0.4, 0.5) is 39.5 Å². The highest BCUT2D eigenvalue weighted by molar-refractivity contribution is 6.03. The molecule has 0 aromatic rings. The molecule has 1 saturated heterocycles. The third kappa shape index (κ3) is 2.38. The number of hydrogen-bond acceptors (Lipinski definition) is 5. The van der Waals surface area contributed by atoms with Gasteiger partial charge in [0.25, 0.3) is 0 Å². The molecule has 2 saturated carbocycles. The first-order valence-corrected chi connectivity index (χ1v) is 7.77. The lowest BCUT2D eigenvalue weighted by molar-refractivity contribution is -0.399. The molecule has 0 aromatic heterocycles. The van der Waals surface area contributed by atoms with Gasteiger partial charge in [-0.25, -0.2) is 0 Å². The molecule has 5 nitrogen and oxygen atoms in total. The molecule has 5 atom stereocenters. The van der Waals surface area contributed by atoms with Crippen molar-refractivity contribution in [3.8, 4) is 0 Å². The minimum absolute atomic E-state index is 0.0609. The Bertz CT molecular complexity index is 706. The molecular formula is C14H11F9O5. The highest BCUT2D eigenvalue weighted by Gasteiger charge is 2.82. The van der Waals surface area contributed by atoms with Crippen molar-refractivity contribution in [2.24, 2.45) is 17.3 Å². The lowest BCUT2D eigenvalue weighted by Gasteiger charge is -2.34. The van der Waals surface area contributed by atoms with Gasteiger partial charge in [0, 0.05) is 5.92 Å². The third-order valence-corrected chi connectivity index (χ3v) is 5.56. The molecule has 0 spiro atoms. The first-order chi connectivity index (χ1) is 12.5. The molecule has 3 fully saturated rings. The topological polar surface area (TPSA) is 72.8 Å². The minimum Gasteiger partial charge on any atom is -0.458 e. The van der Waals surface area contributed by atoms with E-state index in [0.29, 0.717) is 0 Å². The summed E-state index contributed by atoms with van der Waals surface area (Å²) in [7, 11) is 0. The average molecular weight is 430 g/mol. The number of hydrogen-bond donors (Lipinski definition) is 1. The Labute approximate surface area is 149 Å². The van der Waals surface area contributed by atoms with E-state index in [2.05, 4.69) is 4.74 Å². The summed E-state index contributed by atoms with van der Waals surface area (Å²) >= 11 is 0. The lowest BCUT2D eigenvalue weighted by atomic mass is 9.73. The predicted octanol–water partition coefficient (Wildman–Crippen LogP) is 2.31. The molecule has 0 aromatic carbocycles. The molecule has 0 amide bonds. The van der Waals surface area contributed by atoms with Gasteiger partial charge in [-0.1, -0.05) is 0 Å². The first kappa shape index (κ1) is 21.0. The predicted molar refractivity (Wildman–Crippen MR) is 66.4 cm³/mol. The molecular weight excluding hydrogens is 419 g/mol. The first-order valence-electron chi connectivity index (χ1n) is 7.77. The molecule has 1 heterocycles. The zero-order valence-corrected chi connectivity index (χ0v) is 13.4. The largest absolute Gasteiger partial charge is 0.460 e. The van der Waals surface area contributed by atoms with Gasteiger partial charge in [0.1, 0.15) is 6.10 Å². The van der Waals surface area contributed by atoms with Crippen LogP contribution in [0.5, 0.6) is 0 Å². The number of carbonyl (C=O) groups excluding carboxylic acids is 2. The van der Waals surface area contributed by atoms with Gasteiger partial charge < -0.3 is 14.6 Å². The van der Waals surface area contributed by atoms with Gasteiger partial charge in [-0.05, 0) is 18.8 Å².